The van der Waals surface area contributed by atoms with E-state index in [1.54, 1.807) is 24.7 Å². The lowest BCUT2D eigenvalue weighted by Crippen LogP contribution is -2.38. The highest BCUT2D eigenvalue weighted by molar-refractivity contribution is 5.96. The molecule has 3 aliphatic rings. The fraction of sp³-hybridized carbons (Fsp3) is 0.450. The molecule has 2 amide bonds. The molecule has 0 radical (unpaired) electrons. The minimum absolute atomic E-state index is 0.00564. The van der Waals surface area contributed by atoms with Crippen LogP contribution in [0.15, 0.2) is 42.9 Å². The van der Waals surface area contributed by atoms with Crippen molar-refractivity contribution in [2.45, 2.75) is 43.7 Å². The maximum absolute atomic E-state index is 13.9. The predicted octanol–water partition coefficient (Wildman–Crippen LogP) is 3.58. The van der Waals surface area contributed by atoms with Crippen LogP contribution < -0.4 is 4.90 Å². The topological polar surface area (TPSA) is 49.3 Å². The van der Waals surface area contributed by atoms with Crippen LogP contribution in [-0.2, 0) is 0 Å². The molecule has 1 saturated heterocycles. The van der Waals surface area contributed by atoms with Crippen LogP contribution in [0.4, 0.5) is 14.9 Å². The number of halogens is 1. The smallest absolute Gasteiger partial charge is 0.319 e. The number of carbonyl (C=O) groups excluding carboxylic acids is 1. The first-order valence-electron chi connectivity index (χ1n) is 9.33. The number of hydrogen-bond acceptors (Lipinski definition) is 3. The molecule has 0 spiro atoms. The molecule has 1 aromatic heterocycles. The highest BCUT2D eigenvalue weighted by atomic mass is 19.1. The van der Waals surface area contributed by atoms with Gasteiger partial charge < -0.3 is 4.90 Å². The van der Waals surface area contributed by atoms with Crippen LogP contribution in [0, 0.1) is 11.7 Å². The second kappa shape index (κ2) is 6.04. The lowest BCUT2D eigenvalue weighted by molar-refractivity contribution is 0.201. The first-order valence-corrected chi connectivity index (χ1v) is 9.33. The fourth-order valence-electron chi connectivity index (χ4n) is 4.59. The summed E-state index contributed by atoms with van der Waals surface area (Å²) in [7, 11) is 0. The number of hydrogen-bond donors (Lipinski definition) is 0. The van der Waals surface area contributed by atoms with Gasteiger partial charge in [0.05, 0.1) is 17.8 Å². The Balaban J connectivity index is 1.55. The van der Waals surface area contributed by atoms with Gasteiger partial charge in [-0.25, -0.2) is 9.18 Å². The monoisotopic (exact) mass is 352 g/mol. The van der Waals surface area contributed by atoms with E-state index in [1.165, 1.54) is 25.0 Å². The zero-order valence-corrected chi connectivity index (χ0v) is 14.5. The van der Waals surface area contributed by atoms with E-state index in [0.717, 1.165) is 25.1 Å². The summed E-state index contributed by atoms with van der Waals surface area (Å²) in [5.74, 6) is 0.439. The second-order valence-electron chi connectivity index (χ2n) is 7.60. The molecule has 2 heterocycles. The van der Waals surface area contributed by atoms with E-state index in [1.807, 2.05) is 15.9 Å². The van der Waals surface area contributed by atoms with Crippen LogP contribution in [-0.4, -0.2) is 39.5 Å². The quantitative estimate of drug-likeness (QED) is 0.845. The molecule has 5 rings (SSSR count). The van der Waals surface area contributed by atoms with Crippen LogP contribution in [0.2, 0.25) is 0 Å². The van der Waals surface area contributed by atoms with Crippen molar-refractivity contribution in [2.24, 2.45) is 5.92 Å². The first-order chi connectivity index (χ1) is 12.7. The lowest BCUT2D eigenvalue weighted by Gasteiger charge is -2.27. The third kappa shape index (κ3) is 2.55. The molecular weight excluding hydrogens is 331 g/mol. The highest BCUT2D eigenvalue weighted by Crippen LogP contribution is 2.47. The van der Waals surface area contributed by atoms with E-state index in [-0.39, 0.29) is 29.8 Å². The van der Waals surface area contributed by atoms with Gasteiger partial charge in [0.2, 0.25) is 0 Å². The largest absolute Gasteiger partial charge is 0.325 e. The van der Waals surface area contributed by atoms with Gasteiger partial charge in [0.15, 0.2) is 0 Å². The molecule has 1 aromatic carbocycles. The van der Waals surface area contributed by atoms with Gasteiger partial charge in [-0.3, -0.25) is 14.9 Å². The molecule has 0 unspecified atom stereocenters. The Morgan fingerprint density at radius 3 is 2.77 bits per heavy atom. The summed E-state index contributed by atoms with van der Waals surface area (Å²) in [6.45, 7) is 0.818. The Morgan fingerprint density at radius 2 is 2.04 bits per heavy atom. The van der Waals surface area contributed by atoms with Crippen LogP contribution in [0.25, 0.3) is 0 Å². The molecule has 2 saturated carbocycles. The van der Waals surface area contributed by atoms with Crippen LogP contribution in [0.3, 0.4) is 0 Å². The van der Waals surface area contributed by atoms with E-state index in [9.17, 15) is 9.18 Å². The average Bonchev–Trinajstić information content (AvgIpc) is 3.32. The van der Waals surface area contributed by atoms with E-state index < -0.39 is 0 Å². The molecule has 26 heavy (non-hydrogen) atoms. The summed E-state index contributed by atoms with van der Waals surface area (Å²) in [5, 5.41) is 0. The number of rotatable bonds is 4. The van der Waals surface area contributed by atoms with Gasteiger partial charge in [0.25, 0.3) is 0 Å². The maximum atomic E-state index is 13.9. The Labute approximate surface area is 151 Å². The Morgan fingerprint density at radius 1 is 1.15 bits per heavy atom. The summed E-state index contributed by atoms with van der Waals surface area (Å²) in [5.41, 5.74) is 1.56. The highest BCUT2D eigenvalue weighted by Gasteiger charge is 2.54. The third-order valence-corrected chi connectivity index (χ3v) is 5.93. The van der Waals surface area contributed by atoms with Crippen molar-refractivity contribution in [3.8, 4) is 0 Å². The van der Waals surface area contributed by atoms with Crippen molar-refractivity contribution >= 4 is 11.7 Å². The van der Waals surface area contributed by atoms with Crippen LogP contribution in [0.5, 0.6) is 0 Å². The van der Waals surface area contributed by atoms with Gasteiger partial charge in [-0.05, 0) is 49.8 Å². The summed E-state index contributed by atoms with van der Waals surface area (Å²) in [4.78, 5) is 25.8. The van der Waals surface area contributed by atoms with Crippen molar-refractivity contribution < 1.29 is 9.18 Å². The lowest BCUT2D eigenvalue weighted by atomic mass is 9.97. The SMILES string of the molecule is O=C1N(CC2CC2)[C@H]2CC[C@@H](c3cnccn3)[C@H]2N1c1cccc(F)c1. The minimum atomic E-state index is -0.318. The Hall–Kier alpha value is -2.50. The third-order valence-electron chi connectivity index (χ3n) is 5.93. The van der Waals surface area contributed by atoms with Gasteiger partial charge >= 0.3 is 6.03 Å². The number of aromatic nitrogens is 2. The van der Waals surface area contributed by atoms with Crippen molar-refractivity contribution in [1.82, 2.24) is 14.9 Å². The Bertz CT molecular complexity index is 826. The number of fused-ring (bicyclic) bond motifs is 1. The molecule has 1 aliphatic heterocycles. The molecular formula is C20H21FN4O. The molecule has 2 aliphatic carbocycles. The number of urea groups is 1. The summed E-state index contributed by atoms with van der Waals surface area (Å²) in [6, 6.07) is 6.53. The van der Waals surface area contributed by atoms with E-state index in [4.69, 9.17) is 0 Å². The van der Waals surface area contributed by atoms with Crippen molar-refractivity contribution in [2.75, 3.05) is 11.4 Å². The molecule has 6 heteroatoms. The standard InChI is InChI=1S/C20H21FN4O/c21-14-2-1-3-15(10-14)25-19-16(17-11-22-8-9-23-17)6-7-18(19)24(20(25)26)12-13-4-5-13/h1-3,8-11,13,16,18-19H,4-7,12H2/t16-,18-,19+/m0/s1. The first kappa shape index (κ1) is 15.7. The van der Waals surface area contributed by atoms with Gasteiger partial charge in [0, 0.05) is 36.7 Å². The van der Waals surface area contributed by atoms with Crippen LogP contribution in [0.1, 0.15) is 37.3 Å². The molecule has 3 atom stereocenters. The number of carbonyl (C=O) groups is 1. The van der Waals surface area contributed by atoms with Crippen molar-refractivity contribution in [3.05, 3.63) is 54.4 Å². The number of nitrogens with zero attached hydrogens (tertiary/aromatic N) is 4. The van der Waals surface area contributed by atoms with E-state index in [2.05, 4.69) is 9.97 Å². The summed E-state index contributed by atoms with van der Waals surface area (Å²) >= 11 is 0. The number of anilines is 1. The van der Waals surface area contributed by atoms with E-state index in [0.29, 0.717) is 11.6 Å². The molecule has 0 bridgehead atoms. The fourth-order valence-corrected chi connectivity index (χ4v) is 4.59. The zero-order valence-electron chi connectivity index (χ0n) is 14.5. The summed E-state index contributed by atoms with van der Waals surface area (Å²) in [6.07, 6.45) is 9.49. The zero-order chi connectivity index (χ0) is 17.7. The molecule has 0 N–H and O–H groups in total. The van der Waals surface area contributed by atoms with Gasteiger partial charge in [-0.1, -0.05) is 6.07 Å². The van der Waals surface area contributed by atoms with Crippen LogP contribution >= 0.6 is 0 Å². The number of amides is 2. The predicted molar refractivity (Wildman–Crippen MR) is 95.3 cm³/mol. The Kier molecular flexibility index (Phi) is 3.65. The maximum Gasteiger partial charge on any atom is 0.325 e. The van der Waals surface area contributed by atoms with E-state index >= 15 is 0 Å². The van der Waals surface area contributed by atoms with Gasteiger partial charge in [-0.2, -0.15) is 0 Å². The molecule has 2 aromatic rings. The molecule has 3 fully saturated rings. The van der Waals surface area contributed by atoms with Crippen molar-refractivity contribution in [1.29, 1.82) is 0 Å². The minimum Gasteiger partial charge on any atom is -0.319 e. The summed E-state index contributed by atoms with van der Waals surface area (Å²) < 4.78 is 13.9. The molecule has 134 valence electrons. The normalized spacial score (nSPS) is 27.9. The average molecular weight is 352 g/mol. The molecule has 5 nitrogen and oxygen atoms in total. The van der Waals surface area contributed by atoms with Crippen molar-refractivity contribution in [3.63, 3.8) is 0 Å². The number of benzene rings is 1. The second-order valence-corrected chi connectivity index (χ2v) is 7.60. The van der Waals surface area contributed by atoms with Gasteiger partial charge in [0.1, 0.15) is 5.82 Å². The van der Waals surface area contributed by atoms with Gasteiger partial charge in [-0.15, -0.1) is 0 Å².